The normalized spacial score (nSPS) is 40.5. The van der Waals surface area contributed by atoms with Crippen LogP contribution >= 0.6 is 8.60 Å². The van der Waals surface area contributed by atoms with Gasteiger partial charge in [0.15, 0.2) is 0 Å². The Morgan fingerprint density at radius 3 is 3.25 bits per heavy atom. The van der Waals surface area contributed by atoms with Gasteiger partial charge in [0.25, 0.3) is 0 Å². The Hall–Kier alpha value is -0.210. The first kappa shape index (κ1) is 8.39. The van der Waals surface area contributed by atoms with Crippen LogP contribution in [0.4, 0.5) is 0 Å². The third-order valence-electron chi connectivity index (χ3n) is 1.87. The molecule has 2 aliphatic heterocycles. The van der Waals surface area contributed by atoms with E-state index in [-0.39, 0.29) is 12.2 Å². The van der Waals surface area contributed by atoms with Crippen molar-refractivity contribution in [2.45, 2.75) is 18.6 Å². The summed E-state index contributed by atoms with van der Waals surface area (Å²) in [5, 5.41) is 0. The highest BCUT2D eigenvalue weighted by molar-refractivity contribution is 7.41. The molecule has 3 nitrogen and oxygen atoms in total. The smallest absolute Gasteiger partial charge is 0.175 e. The van der Waals surface area contributed by atoms with Crippen molar-refractivity contribution >= 4 is 8.60 Å². The Bertz CT molecular complexity index is 204. The lowest BCUT2D eigenvalue weighted by molar-refractivity contribution is 0.0647. The quantitative estimate of drug-likeness (QED) is 0.463. The zero-order chi connectivity index (χ0) is 8.39. The van der Waals surface area contributed by atoms with Crippen molar-refractivity contribution in [3.63, 3.8) is 0 Å². The van der Waals surface area contributed by atoms with E-state index in [0.717, 1.165) is 6.42 Å². The molecule has 1 saturated heterocycles. The molecular weight excluding hydrogens is 175 g/mol. The molecule has 2 rings (SSSR count). The van der Waals surface area contributed by atoms with Gasteiger partial charge in [-0.05, 0) is 0 Å². The van der Waals surface area contributed by atoms with Gasteiger partial charge in [-0.1, -0.05) is 18.2 Å². The largest absolute Gasteiger partial charge is 0.399 e. The van der Waals surface area contributed by atoms with E-state index in [1.54, 1.807) is 0 Å². The van der Waals surface area contributed by atoms with Crippen LogP contribution in [0.5, 0.6) is 0 Å². The SMILES string of the molecule is C=CC1C[C@@H]2C=CCO[PH+](O1)O2. The van der Waals surface area contributed by atoms with Crippen LogP contribution in [-0.4, -0.2) is 18.8 Å². The lowest BCUT2D eigenvalue weighted by atomic mass is 10.1. The molecule has 0 saturated carbocycles. The molecule has 0 amide bonds. The van der Waals surface area contributed by atoms with Crippen molar-refractivity contribution in [2.24, 2.45) is 0 Å². The van der Waals surface area contributed by atoms with Crippen LogP contribution in [0.15, 0.2) is 24.8 Å². The van der Waals surface area contributed by atoms with Gasteiger partial charge >= 0.3 is 8.60 Å². The first-order valence-electron chi connectivity index (χ1n) is 4.01. The summed E-state index contributed by atoms with van der Waals surface area (Å²) in [6, 6.07) is 0. The molecule has 0 aromatic rings. The van der Waals surface area contributed by atoms with Crippen LogP contribution in [0.3, 0.4) is 0 Å². The van der Waals surface area contributed by atoms with E-state index in [2.05, 4.69) is 6.58 Å². The number of fused-ring (bicyclic) bond motifs is 2. The Morgan fingerprint density at radius 1 is 1.50 bits per heavy atom. The summed E-state index contributed by atoms with van der Waals surface area (Å²) in [6.07, 6.45) is 6.95. The maximum absolute atomic E-state index is 5.50. The van der Waals surface area contributed by atoms with Crippen molar-refractivity contribution in [1.82, 2.24) is 0 Å². The molecule has 3 atom stereocenters. The van der Waals surface area contributed by atoms with Gasteiger partial charge in [0.2, 0.25) is 0 Å². The first-order chi connectivity index (χ1) is 5.88. The van der Waals surface area contributed by atoms with Crippen LogP contribution < -0.4 is 0 Å². The van der Waals surface area contributed by atoms with Gasteiger partial charge in [0.05, 0.1) is 0 Å². The Labute approximate surface area is 73.0 Å². The van der Waals surface area contributed by atoms with Gasteiger partial charge in [-0.15, -0.1) is 6.58 Å². The maximum Gasteiger partial charge on any atom is 0.399 e. The fourth-order valence-corrected chi connectivity index (χ4v) is 2.54. The lowest BCUT2D eigenvalue weighted by Gasteiger charge is -2.22. The van der Waals surface area contributed by atoms with Crippen molar-refractivity contribution < 1.29 is 13.6 Å². The fourth-order valence-electron chi connectivity index (χ4n) is 1.25. The zero-order valence-electron chi connectivity index (χ0n) is 6.73. The van der Waals surface area contributed by atoms with E-state index >= 15 is 0 Å². The molecule has 2 heterocycles. The second kappa shape index (κ2) is 3.67. The number of rotatable bonds is 1. The fraction of sp³-hybridized carbons (Fsp3) is 0.500. The molecule has 2 unspecified atom stereocenters. The zero-order valence-corrected chi connectivity index (χ0v) is 7.73. The number of hydrogen-bond acceptors (Lipinski definition) is 3. The molecule has 12 heavy (non-hydrogen) atoms. The van der Waals surface area contributed by atoms with Gasteiger partial charge in [0.1, 0.15) is 18.8 Å². The van der Waals surface area contributed by atoms with E-state index in [1.807, 2.05) is 18.2 Å². The molecule has 0 spiro atoms. The Morgan fingerprint density at radius 2 is 2.42 bits per heavy atom. The van der Waals surface area contributed by atoms with Crippen LogP contribution in [0.25, 0.3) is 0 Å². The average molecular weight is 187 g/mol. The lowest BCUT2D eigenvalue weighted by Crippen LogP contribution is -2.23. The van der Waals surface area contributed by atoms with Crippen molar-refractivity contribution in [3.05, 3.63) is 24.8 Å². The minimum atomic E-state index is -1.48. The minimum absolute atomic E-state index is 0.0976. The number of hydrogen-bond donors (Lipinski definition) is 0. The van der Waals surface area contributed by atoms with E-state index < -0.39 is 8.60 Å². The van der Waals surface area contributed by atoms with Gasteiger partial charge in [0, 0.05) is 6.42 Å². The summed E-state index contributed by atoms with van der Waals surface area (Å²) < 4.78 is 16.3. The summed E-state index contributed by atoms with van der Waals surface area (Å²) in [5.74, 6) is 0. The van der Waals surface area contributed by atoms with Crippen molar-refractivity contribution in [1.29, 1.82) is 0 Å². The van der Waals surface area contributed by atoms with Crippen LogP contribution in [-0.2, 0) is 13.6 Å². The highest BCUT2D eigenvalue weighted by Gasteiger charge is 2.36. The molecular formula is C8H12O3P+. The minimum Gasteiger partial charge on any atom is -0.175 e. The molecule has 2 aliphatic rings. The summed E-state index contributed by atoms with van der Waals surface area (Å²) in [5.41, 5.74) is 0. The topological polar surface area (TPSA) is 27.7 Å². The van der Waals surface area contributed by atoms with Crippen LogP contribution in [0, 0.1) is 0 Å². The molecule has 2 bridgehead atoms. The van der Waals surface area contributed by atoms with Gasteiger partial charge in [-0.3, -0.25) is 0 Å². The highest BCUT2D eigenvalue weighted by Crippen LogP contribution is 2.48. The molecule has 1 fully saturated rings. The summed E-state index contributed by atoms with van der Waals surface area (Å²) in [7, 11) is -1.48. The van der Waals surface area contributed by atoms with Crippen LogP contribution in [0.2, 0.25) is 0 Å². The van der Waals surface area contributed by atoms with Gasteiger partial charge in [-0.25, -0.2) is 0 Å². The second-order valence-electron chi connectivity index (χ2n) is 2.77. The third kappa shape index (κ3) is 1.75. The predicted molar refractivity (Wildman–Crippen MR) is 48.0 cm³/mol. The average Bonchev–Trinajstić information content (AvgIpc) is 2.27. The van der Waals surface area contributed by atoms with Crippen molar-refractivity contribution in [2.75, 3.05) is 6.61 Å². The summed E-state index contributed by atoms with van der Waals surface area (Å²) in [4.78, 5) is 0. The molecule has 0 aliphatic carbocycles. The maximum atomic E-state index is 5.50. The van der Waals surface area contributed by atoms with Gasteiger partial charge < -0.3 is 0 Å². The Kier molecular flexibility index (Phi) is 2.57. The first-order valence-corrected chi connectivity index (χ1v) is 5.23. The molecule has 0 radical (unpaired) electrons. The van der Waals surface area contributed by atoms with E-state index in [4.69, 9.17) is 13.6 Å². The van der Waals surface area contributed by atoms with E-state index in [1.165, 1.54) is 0 Å². The molecule has 0 N–H and O–H groups in total. The third-order valence-corrected chi connectivity index (χ3v) is 3.26. The summed E-state index contributed by atoms with van der Waals surface area (Å²) >= 11 is 0. The van der Waals surface area contributed by atoms with E-state index in [0.29, 0.717) is 6.61 Å². The second-order valence-corrected chi connectivity index (χ2v) is 4.03. The standard InChI is InChI=1S/C8H12O3P/c1-2-7-6-8-4-3-5-9-12(10-7)11-8/h2-4,7-8,12H,1,5-6H2/q+1/t7?,8-/m0/s1. The van der Waals surface area contributed by atoms with Crippen molar-refractivity contribution in [3.8, 4) is 0 Å². The summed E-state index contributed by atoms with van der Waals surface area (Å²) in [6.45, 7) is 4.30. The molecule has 0 aromatic carbocycles. The monoisotopic (exact) mass is 187 g/mol. The van der Waals surface area contributed by atoms with E-state index in [9.17, 15) is 0 Å². The van der Waals surface area contributed by atoms with Gasteiger partial charge in [-0.2, -0.15) is 13.6 Å². The van der Waals surface area contributed by atoms with Crippen LogP contribution in [0.1, 0.15) is 6.42 Å². The predicted octanol–water partition coefficient (Wildman–Crippen LogP) is 1.89. The molecule has 66 valence electrons. The Balaban J connectivity index is 2.06. The molecule has 0 aromatic heterocycles. The highest BCUT2D eigenvalue weighted by atomic mass is 31.2. The molecule has 4 heteroatoms.